The summed E-state index contributed by atoms with van der Waals surface area (Å²) >= 11 is 0. The Hall–Kier alpha value is -2.58. The molecule has 0 radical (unpaired) electrons. The Morgan fingerprint density at radius 2 is 1.15 bits per heavy atom. The van der Waals surface area contributed by atoms with Gasteiger partial charge in [-0.05, 0) is 83.5 Å². The van der Waals surface area contributed by atoms with Crippen molar-refractivity contribution in [1.29, 1.82) is 0 Å². The first kappa shape index (κ1) is 51.4. The van der Waals surface area contributed by atoms with Crippen molar-refractivity contribution in [2.75, 3.05) is 40.9 Å². The van der Waals surface area contributed by atoms with Crippen molar-refractivity contribution >= 4 is 13.7 Å². The highest BCUT2D eigenvalue weighted by molar-refractivity contribution is 7.45. The van der Waals surface area contributed by atoms with Crippen molar-refractivity contribution in [1.82, 2.24) is 5.32 Å². The summed E-state index contributed by atoms with van der Waals surface area (Å²) in [6, 6.07) is -0.924. The molecule has 0 aliphatic rings. The normalized spacial score (nSPS) is 15.5. The molecule has 54 heavy (non-hydrogen) atoms. The second kappa shape index (κ2) is 36.1. The van der Waals surface area contributed by atoms with Crippen LogP contribution in [0.1, 0.15) is 129 Å². The van der Waals surface area contributed by atoms with Crippen molar-refractivity contribution in [2.24, 2.45) is 0 Å². The number of hydrogen-bond acceptors (Lipinski definition) is 6. The quantitative estimate of drug-likeness (QED) is 0.0287. The van der Waals surface area contributed by atoms with Gasteiger partial charge < -0.3 is 28.8 Å². The van der Waals surface area contributed by atoms with Gasteiger partial charge in [0, 0.05) is 6.42 Å². The van der Waals surface area contributed by atoms with Crippen molar-refractivity contribution in [3.63, 3.8) is 0 Å². The highest BCUT2D eigenvalue weighted by atomic mass is 31.2. The van der Waals surface area contributed by atoms with E-state index < -0.39 is 26.6 Å². The maximum absolute atomic E-state index is 12.8. The zero-order valence-electron chi connectivity index (χ0n) is 34.6. The van der Waals surface area contributed by atoms with Crippen molar-refractivity contribution in [2.45, 2.75) is 142 Å². The van der Waals surface area contributed by atoms with Crippen LogP contribution in [0.25, 0.3) is 0 Å². The van der Waals surface area contributed by atoms with E-state index in [1.54, 1.807) is 6.08 Å². The fraction of sp³-hybridized carbons (Fsp3) is 0.622. The summed E-state index contributed by atoms with van der Waals surface area (Å²) in [5, 5.41) is 13.7. The van der Waals surface area contributed by atoms with Gasteiger partial charge in [0.25, 0.3) is 7.82 Å². The Kier molecular flexibility index (Phi) is 34.4. The number of phosphoric acid groups is 1. The highest BCUT2D eigenvalue weighted by Crippen LogP contribution is 2.38. The van der Waals surface area contributed by atoms with E-state index in [0.29, 0.717) is 17.4 Å². The van der Waals surface area contributed by atoms with Crippen LogP contribution in [0.2, 0.25) is 0 Å². The number of aliphatic hydroxyl groups is 1. The molecule has 3 atom stereocenters. The number of likely N-dealkylation sites (N-methyl/N-ethyl adjacent to an activating group) is 1. The maximum Gasteiger partial charge on any atom is 0.268 e. The monoisotopic (exact) mass is 773 g/mol. The molecule has 0 bridgehead atoms. The molecule has 0 saturated carbocycles. The summed E-state index contributed by atoms with van der Waals surface area (Å²) in [7, 11) is 1.20. The van der Waals surface area contributed by atoms with Crippen LogP contribution in [-0.2, 0) is 18.4 Å². The van der Waals surface area contributed by atoms with E-state index in [-0.39, 0.29) is 12.5 Å². The number of carbonyl (C=O) groups is 1. The Bertz CT molecular complexity index is 1190. The SMILES string of the molecule is CC/C=C\C/C=C\C/C=C\C/C=C\C/C=C\CCCCCCCC(=O)NC(COP(=O)([O-])OCC[N+](C)(C)C)C(O)/C=C/CC/C=C/CC/C=C/CCC. The molecular weight excluding hydrogens is 695 g/mol. The lowest BCUT2D eigenvalue weighted by molar-refractivity contribution is -0.870. The number of unbranched alkanes of at least 4 members (excludes halogenated alkanes) is 8. The number of rotatable bonds is 35. The number of nitrogens with one attached hydrogen (secondary N) is 1. The Morgan fingerprint density at radius 3 is 1.70 bits per heavy atom. The van der Waals surface area contributed by atoms with Crippen LogP contribution in [0, 0.1) is 0 Å². The fourth-order valence-corrected chi connectivity index (χ4v) is 5.70. The number of aliphatic hydroxyl groups excluding tert-OH is 1. The molecule has 0 aliphatic heterocycles. The van der Waals surface area contributed by atoms with Crippen LogP contribution in [-0.4, -0.2) is 68.5 Å². The van der Waals surface area contributed by atoms with E-state index in [0.717, 1.165) is 109 Å². The number of hydrogen-bond donors (Lipinski definition) is 2. The van der Waals surface area contributed by atoms with Crippen LogP contribution in [0.4, 0.5) is 0 Å². The van der Waals surface area contributed by atoms with Gasteiger partial charge in [-0.1, -0.05) is 137 Å². The van der Waals surface area contributed by atoms with Gasteiger partial charge in [-0.2, -0.15) is 0 Å². The molecule has 0 rings (SSSR count). The molecule has 0 aromatic rings. The Labute approximate surface area is 330 Å². The zero-order valence-corrected chi connectivity index (χ0v) is 35.5. The van der Waals surface area contributed by atoms with Gasteiger partial charge in [0.2, 0.25) is 5.91 Å². The Morgan fingerprint density at radius 1 is 0.667 bits per heavy atom. The Balaban J connectivity index is 4.51. The molecule has 9 heteroatoms. The molecule has 1 amide bonds. The summed E-state index contributed by atoms with van der Waals surface area (Å²) < 4.78 is 23.1. The molecule has 2 N–H and O–H groups in total. The minimum atomic E-state index is -4.61. The second-order valence-electron chi connectivity index (χ2n) is 14.6. The standard InChI is InChI=1S/C45H77N2O6P/c1-6-8-10-12-14-16-18-19-20-21-22-23-24-25-26-27-29-31-33-35-37-39-45(49)46-43(42-53-54(50,51)52-41-40-47(3,4)5)44(48)38-36-34-32-30-28-17-15-13-11-9-7-2/h8,10-11,13-14,16,19-20,22-23,25-26,28,30,36,38,43-44,48H,6-7,9,12,15,17-18,21,24,27,29,31-35,37,39-42H2,1-5H3,(H-,46,49,50,51)/b10-8-,13-11+,16-14-,20-19-,23-22-,26-25-,30-28+,38-36+. The molecule has 0 aliphatic carbocycles. The maximum atomic E-state index is 12.8. The number of amides is 1. The van der Waals surface area contributed by atoms with Crippen molar-refractivity contribution in [3.8, 4) is 0 Å². The average molecular weight is 773 g/mol. The number of quaternary nitrogens is 1. The smallest absolute Gasteiger partial charge is 0.268 e. The number of allylic oxidation sites excluding steroid dienone is 15. The summed E-state index contributed by atoms with van der Waals surface area (Å²) in [5.74, 6) is -0.238. The molecule has 0 saturated heterocycles. The summed E-state index contributed by atoms with van der Waals surface area (Å²) in [4.78, 5) is 25.2. The molecule has 8 nitrogen and oxygen atoms in total. The van der Waals surface area contributed by atoms with Gasteiger partial charge in [0.1, 0.15) is 13.2 Å². The molecule has 0 aromatic heterocycles. The molecular formula is C45H77N2O6P. The topological polar surface area (TPSA) is 108 Å². The van der Waals surface area contributed by atoms with E-state index in [1.165, 1.54) is 0 Å². The summed E-state index contributed by atoms with van der Waals surface area (Å²) in [6.07, 6.45) is 50.3. The van der Waals surface area contributed by atoms with Gasteiger partial charge >= 0.3 is 0 Å². The van der Waals surface area contributed by atoms with E-state index in [9.17, 15) is 19.4 Å². The van der Waals surface area contributed by atoms with Gasteiger partial charge in [-0.15, -0.1) is 0 Å². The first-order chi connectivity index (χ1) is 26.0. The largest absolute Gasteiger partial charge is 0.756 e. The van der Waals surface area contributed by atoms with Crippen molar-refractivity contribution in [3.05, 3.63) is 97.2 Å². The minimum absolute atomic E-state index is 0.0192. The first-order valence-electron chi connectivity index (χ1n) is 20.6. The number of nitrogens with zero attached hydrogens (tertiary/aromatic N) is 1. The lowest BCUT2D eigenvalue weighted by Gasteiger charge is -2.29. The van der Waals surface area contributed by atoms with Crippen LogP contribution >= 0.6 is 7.82 Å². The lowest BCUT2D eigenvalue weighted by atomic mass is 10.1. The van der Waals surface area contributed by atoms with E-state index in [1.807, 2.05) is 27.2 Å². The first-order valence-corrected chi connectivity index (χ1v) is 22.1. The van der Waals surface area contributed by atoms with Crippen LogP contribution in [0.3, 0.4) is 0 Å². The second-order valence-corrected chi connectivity index (χ2v) is 16.0. The fourth-order valence-electron chi connectivity index (χ4n) is 4.98. The van der Waals surface area contributed by atoms with E-state index >= 15 is 0 Å². The molecule has 3 unspecified atom stereocenters. The van der Waals surface area contributed by atoms with Gasteiger partial charge in [0.05, 0.1) is 39.9 Å². The van der Waals surface area contributed by atoms with Gasteiger partial charge in [0.15, 0.2) is 0 Å². The molecule has 308 valence electrons. The van der Waals surface area contributed by atoms with Gasteiger partial charge in [-0.25, -0.2) is 0 Å². The number of phosphoric ester groups is 1. The zero-order chi connectivity index (χ0) is 40.0. The summed E-state index contributed by atoms with van der Waals surface area (Å²) in [5.41, 5.74) is 0. The van der Waals surface area contributed by atoms with Crippen LogP contribution < -0.4 is 10.2 Å². The van der Waals surface area contributed by atoms with E-state index in [2.05, 4.69) is 104 Å². The minimum Gasteiger partial charge on any atom is -0.756 e. The predicted octanol–water partition coefficient (Wildman–Crippen LogP) is 10.6. The third kappa shape index (κ3) is 37.7. The highest BCUT2D eigenvalue weighted by Gasteiger charge is 2.23. The molecule has 0 fully saturated rings. The molecule has 0 heterocycles. The van der Waals surface area contributed by atoms with Gasteiger partial charge in [-0.3, -0.25) is 9.36 Å². The number of carbonyl (C=O) groups excluding carboxylic acids is 1. The van der Waals surface area contributed by atoms with Crippen LogP contribution in [0.5, 0.6) is 0 Å². The molecule has 0 spiro atoms. The summed E-state index contributed by atoms with van der Waals surface area (Å²) in [6.45, 7) is 4.37. The van der Waals surface area contributed by atoms with Crippen LogP contribution in [0.15, 0.2) is 97.2 Å². The van der Waals surface area contributed by atoms with Crippen molar-refractivity contribution < 1.29 is 32.9 Å². The predicted molar refractivity (Wildman–Crippen MR) is 228 cm³/mol. The van der Waals surface area contributed by atoms with E-state index in [4.69, 9.17) is 9.05 Å². The lowest BCUT2D eigenvalue weighted by Crippen LogP contribution is -2.45. The average Bonchev–Trinajstić information content (AvgIpc) is 3.12. The molecule has 0 aromatic carbocycles. The third-order valence-corrected chi connectivity index (χ3v) is 9.20. The third-order valence-electron chi connectivity index (χ3n) is 8.24.